The van der Waals surface area contributed by atoms with Gasteiger partial charge in [0.05, 0.1) is 12.0 Å². The molecule has 3 N–H and O–H groups in total. The molecule has 4 heteroatoms. The first-order valence-corrected chi connectivity index (χ1v) is 4.05. The highest BCUT2D eigenvalue weighted by atomic mass is 16.4. The maximum absolute atomic E-state index is 10.5. The highest BCUT2D eigenvalue weighted by molar-refractivity contribution is 5.73. The zero-order valence-electron chi connectivity index (χ0n) is 6.73. The number of nitriles is 1. The third-order valence-electron chi connectivity index (χ3n) is 2.48. The maximum atomic E-state index is 10.5. The molecule has 0 spiro atoms. The average molecular weight is 168 g/mol. The Balaban J connectivity index is 2.62. The first kappa shape index (κ1) is 9.01. The number of carboxylic acid groups (broad SMARTS) is 1. The molecule has 0 bridgehead atoms. The van der Waals surface area contributed by atoms with Crippen LogP contribution >= 0.6 is 0 Å². The van der Waals surface area contributed by atoms with E-state index < -0.39 is 12.0 Å². The van der Waals surface area contributed by atoms with E-state index >= 15 is 0 Å². The molecule has 0 aromatic rings. The average Bonchev–Trinajstić information content (AvgIpc) is 2.49. The molecule has 3 unspecified atom stereocenters. The lowest BCUT2D eigenvalue weighted by Crippen LogP contribution is -2.39. The minimum atomic E-state index is -0.998. The Hall–Kier alpha value is -1.08. The van der Waals surface area contributed by atoms with Gasteiger partial charge < -0.3 is 10.8 Å². The highest BCUT2D eigenvalue weighted by Gasteiger charge is 2.35. The smallest absolute Gasteiger partial charge is 0.320 e. The summed E-state index contributed by atoms with van der Waals surface area (Å²) in [7, 11) is 0. The lowest BCUT2D eigenvalue weighted by molar-refractivity contribution is -0.140. The summed E-state index contributed by atoms with van der Waals surface area (Å²) in [6.45, 7) is 0. The number of nitrogens with two attached hydrogens (primary N) is 1. The standard InChI is InChI=1S/C8H12N2O2/c9-4-5-2-1-3-6(5)7(10)8(11)12/h5-7H,1-3,10H2,(H,11,12). The van der Waals surface area contributed by atoms with Crippen molar-refractivity contribution in [1.29, 1.82) is 5.26 Å². The number of aliphatic carboxylic acids is 1. The van der Waals surface area contributed by atoms with Gasteiger partial charge in [0.1, 0.15) is 6.04 Å². The van der Waals surface area contributed by atoms with Crippen molar-refractivity contribution in [3.05, 3.63) is 0 Å². The van der Waals surface area contributed by atoms with Crippen molar-refractivity contribution in [2.24, 2.45) is 17.6 Å². The van der Waals surface area contributed by atoms with Gasteiger partial charge in [-0.3, -0.25) is 4.79 Å². The maximum Gasteiger partial charge on any atom is 0.320 e. The lowest BCUT2D eigenvalue weighted by atomic mass is 9.90. The monoisotopic (exact) mass is 168 g/mol. The molecule has 1 fully saturated rings. The summed E-state index contributed by atoms with van der Waals surface area (Å²) in [6, 6.07) is 1.24. The van der Waals surface area contributed by atoms with Crippen LogP contribution in [0.1, 0.15) is 19.3 Å². The zero-order valence-corrected chi connectivity index (χ0v) is 6.73. The summed E-state index contributed by atoms with van der Waals surface area (Å²) in [4.78, 5) is 10.5. The fourth-order valence-corrected chi connectivity index (χ4v) is 1.76. The number of carbonyl (C=O) groups is 1. The predicted molar refractivity (Wildman–Crippen MR) is 42.1 cm³/mol. The molecule has 0 aliphatic heterocycles. The first-order valence-electron chi connectivity index (χ1n) is 4.05. The fraction of sp³-hybridized carbons (Fsp3) is 0.750. The molecule has 1 aliphatic rings. The van der Waals surface area contributed by atoms with Crippen molar-refractivity contribution in [3.63, 3.8) is 0 Å². The van der Waals surface area contributed by atoms with E-state index in [1.54, 1.807) is 0 Å². The molecule has 4 nitrogen and oxygen atoms in total. The second-order valence-corrected chi connectivity index (χ2v) is 3.19. The molecule has 0 radical (unpaired) electrons. The van der Waals surface area contributed by atoms with Gasteiger partial charge in [-0.25, -0.2) is 0 Å². The van der Waals surface area contributed by atoms with Crippen molar-refractivity contribution in [2.45, 2.75) is 25.3 Å². The van der Waals surface area contributed by atoms with Crippen LogP contribution in [0.2, 0.25) is 0 Å². The summed E-state index contributed by atoms with van der Waals surface area (Å²) in [6.07, 6.45) is 2.48. The molecule has 0 amide bonds. The van der Waals surface area contributed by atoms with Crippen molar-refractivity contribution in [3.8, 4) is 6.07 Å². The van der Waals surface area contributed by atoms with Crippen LogP contribution in [-0.2, 0) is 4.79 Å². The van der Waals surface area contributed by atoms with Crippen molar-refractivity contribution in [2.75, 3.05) is 0 Å². The van der Waals surface area contributed by atoms with Crippen molar-refractivity contribution < 1.29 is 9.90 Å². The summed E-state index contributed by atoms with van der Waals surface area (Å²) in [5.41, 5.74) is 5.44. The van der Waals surface area contributed by atoms with E-state index in [1.807, 2.05) is 0 Å². The molecule has 0 heterocycles. The van der Waals surface area contributed by atoms with E-state index in [0.717, 1.165) is 19.3 Å². The molecule has 66 valence electrons. The van der Waals surface area contributed by atoms with Gasteiger partial charge in [-0.05, 0) is 12.8 Å². The SMILES string of the molecule is N#CC1CCCC1C(N)C(=O)O. The Labute approximate surface area is 71.0 Å². The van der Waals surface area contributed by atoms with E-state index in [1.165, 1.54) is 0 Å². The Bertz CT molecular complexity index is 222. The van der Waals surface area contributed by atoms with Gasteiger partial charge in [0, 0.05) is 5.92 Å². The van der Waals surface area contributed by atoms with Crippen LogP contribution in [0.4, 0.5) is 0 Å². The van der Waals surface area contributed by atoms with Gasteiger partial charge in [-0.2, -0.15) is 5.26 Å². The highest BCUT2D eigenvalue weighted by Crippen LogP contribution is 2.32. The third-order valence-corrected chi connectivity index (χ3v) is 2.48. The minimum absolute atomic E-state index is 0.146. The van der Waals surface area contributed by atoms with Gasteiger partial charge in [0.25, 0.3) is 0 Å². The summed E-state index contributed by atoms with van der Waals surface area (Å²) < 4.78 is 0. The normalized spacial score (nSPS) is 31.0. The molecular formula is C8H12N2O2. The topological polar surface area (TPSA) is 87.1 Å². The van der Waals surface area contributed by atoms with Crippen LogP contribution < -0.4 is 5.73 Å². The minimum Gasteiger partial charge on any atom is -0.480 e. The van der Waals surface area contributed by atoms with Gasteiger partial charge in [-0.15, -0.1) is 0 Å². The van der Waals surface area contributed by atoms with Crippen LogP contribution in [0.25, 0.3) is 0 Å². The Morgan fingerprint density at radius 2 is 2.33 bits per heavy atom. The Morgan fingerprint density at radius 3 is 2.83 bits per heavy atom. The molecule has 0 saturated heterocycles. The van der Waals surface area contributed by atoms with E-state index in [2.05, 4.69) is 6.07 Å². The van der Waals surface area contributed by atoms with E-state index in [0.29, 0.717) is 0 Å². The molecular weight excluding hydrogens is 156 g/mol. The van der Waals surface area contributed by atoms with Crippen LogP contribution in [0.5, 0.6) is 0 Å². The van der Waals surface area contributed by atoms with Crippen molar-refractivity contribution >= 4 is 5.97 Å². The van der Waals surface area contributed by atoms with Gasteiger partial charge in [0.2, 0.25) is 0 Å². The van der Waals surface area contributed by atoms with Crippen molar-refractivity contribution in [1.82, 2.24) is 0 Å². The lowest BCUT2D eigenvalue weighted by Gasteiger charge is -2.17. The fourth-order valence-electron chi connectivity index (χ4n) is 1.76. The largest absolute Gasteiger partial charge is 0.480 e. The Kier molecular flexibility index (Phi) is 2.66. The predicted octanol–water partition coefficient (Wildman–Crippen LogP) is 0.338. The summed E-state index contributed by atoms with van der Waals surface area (Å²) in [5.74, 6) is -1.30. The van der Waals surface area contributed by atoms with Crippen LogP contribution in [0.3, 0.4) is 0 Å². The number of hydrogen-bond donors (Lipinski definition) is 2. The first-order chi connectivity index (χ1) is 5.66. The molecule has 0 aromatic carbocycles. The van der Waals surface area contributed by atoms with E-state index in [4.69, 9.17) is 16.1 Å². The van der Waals surface area contributed by atoms with Gasteiger partial charge >= 0.3 is 5.97 Å². The summed E-state index contributed by atoms with van der Waals surface area (Å²) in [5, 5.41) is 17.3. The second kappa shape index (κ2) is 3.55. The zero-order chi connectivity index (χ0) is 9.14. The van der Waals surface area contributed by atoms with E-state index in [-0.39, 0.29) is 11.8 Å². The molecule has 1 saturated carbocycles. The number of carboxylic acids is 1. The molecule has 1 rings (SSSR count). The van der Waals surface area contributed by atoms with Crippen LogP contribution in [0, 0.1) is 23.2 Å². The number of hydrogen-bond acceptors (Lipinski definition) is 3. The number of rotatable bonds is 2. The summed E-state index contributed by atoms with van der Waals surface area (Å²) >= 11 is 0. The van der Waals surface area contributed by atoms with Gasteiger partial charge in [0.15, 0.2) is 0 Å². The molecule has 3 atom stereocenters. The number of nitrogens with zero attached hydrogens (tertiary/aromatic N) is 1. The van der Waals surface area contributed by atoms with Crippen LogP contribution in [0.15, 0.2) is 0 Å². The van der Waals surface area contributed by atoms with Crippen LogP contribution in [-0.4, -0.2) is 17.1 Å². The quantitative estimate of drug-likeness (QED) is 0.622. The molecule has 1 aliphatic carbocycles. The second-order valence-electron chi connectivity index (χ2n) is 3.19. The molecule has 12 heavy (non-hydrogen) atoms. The molecule has 0 aromatic heterocycles. The Morgan fingerprint density at radius 1 is 1.67 bits per heavy atom. The third kappa shape index (κ3) is 1.56. The van der Waals surface area contributed by atoms with Gasteiger partial charge in [-0.1, -0.05) is 6.42 Å². The van der Waals surface area contributed by atoms with E-state index in [9.17, 15) is 4.79 Å².